The lowest BCUT2D eigenvalue weighted by molar-refractivity contribution is -0.127. The number of carbonyl (C=O) groups is 2. The second kappa shape index (κ2) is 7.70. The summed E-state index contributed by atoms with van der Waals surface area (Å²) in [7, 11) is 0. The molecule has 0 atom stereocenters. The number of ketones is 1. The fourth-order valence-corrected chi connectivity index (χ4v) is 3.33. The number of carbonyl (C=O) groups excluding carboxylic acids is 2. The van der Waals surface area contributed by atoms with Crippen molar-refractivity contribution < 1.29 is 9.59 Å². The Morgan fingerprint density at radius 1 is 1.26 bits per heavy atom. The maximum atomic E-state index is 11.9. The average molecular weight is 344 g/mol. The van der Waals surface area contributed by atoms with Gasteiger partial charge in [-0.2, -0.15) is 0 Å². The highest BCUT2D eigenvalue weighted by atomic mass is 79.9. The highest BCUT2D eigenvalue weighted by Crippen LogP contribution is 2.25. The van der Waals surface area contributed by atoms with E-state index in [-0.39, 0.29) is 11.7 Å². The van der Waals surface area contributed by atoms with Crippen molar-refractivity contribution in [1.29, 1.82) is 0 Å². The van der Waals surface area contributed by atoms with E-state index in [1.165, 1.54) is 18.7 Å². The predicted octanol–water partition coefficient (Wildman–Crippen LogP) is 3.61. The molecule has 1 amide bonds. The summed E-state index contributed by atoms with van der Waals surface area (Å²) in [5, 5.41) is 0. The van der Waals surface area contributed by atoms with Crippen LogP contribution < -0.4 is 0 Å². The fraction of sp³-hybridized carbons (Fsp3) is 0.429. The lowest BCUT2D eigenvalue weighted by Crippen LogP contribution is -2.31. The molecule has 0 bridgehead atoms. The van der Waals surface area contributed by atoms with Crippen LogP contribution in [0.3, 0.4) is 0 Å². The van der Waals surface area contributed by atoms with Gasteiger partial charge in [0, 0.05) is 28.0 Å². The smallest absolute Gasteiger partial charge is 0.232 e. The van der Waals surface area contributed by atoms with E-state index in [0.29, 0.717) is 11.3 Å². The molecule has 0 spiro atoms. The lowest BCUT2D eigenvalue weighted by Gasteiger charge is -2.18. The van der Waals surface area contributed by atoms with Gasteiger partial charge in [-0.25, -0.2) is 0 Å². The van der Waals surface area contributed by atoms with Crippen LogP contribution in [0.25, 0.3) is 0 Å². The molecule has 0 N–H and O–H groups in total. The quantitative estimate of drug-likeness (QED) is 0.584. The number of nitrogens with zero attached hydrogens (tertiary/aromatic N) is 1. The third kappa shape index (κ3) is 4.66. The topological polar surface area (TPSA) is 37.4 Å². The summed E-state index contributed by atoms with van der Waals surface area (Å²) in [6.07, 6.45) is 0. The van der Waals surface area contributed by atoms with Gasteiger partial charge in [0.25, 0.3) is 0 Å². The zero-order valence-corrected chi connectivity index (χ0v) is 13.8. The molecule has 5 heteroatoms. The number of Topliss-reactive ketones (excluding diaryl/α,β-unsaturated/α-hetero) is 1. The zero-order chi connectivity index (χ0) is 14.4. The number of hydrogen-bond acceptors (Lipinski definition) is 3. The normalized spacial score (nSPS) is 10.3. The third-order valence-corrected chi connectivity index (χ3v) is 4.43. The molecule has 19 heavy (non-hydrogen) atoms. The molecule has 1 aromatic rings. The van der Waals surface area contributed by atoms with Crippen LogP contribution in [0.5, 0.6) is 0 Å². The number of thioether (sulfide) groups is 1. The standard InChI is InChI=1S/C14H18BrNO2S/c1-4-16(5-2)14(18)9-19-11-6-7-12(10(3)17)13(15)8-11/h6-8H,4-5,9H2,1-3H3. The molecule has 0 aliphatic carbocycles. The first kappa shape index (κ1) is 16.2. The minimum Gasteiger partial charge on any atom is -0.343 e. The van der Waals surface area contributed by atoms with Crippen LogP contribution in [0.2, 0.25) is 0 Å². The van der Waals surface area contributed by atoms with E-state index in [1.54, 1.807) is 6.07 Å². The van der Waals surface area contributed by atoms with E-state index in [4.69, 9.17) is 0 Å². The Bertz CT molecular complexity index is 473. The van der Waals surface area contributed by atoms with Crippen molar-refractivity contribution in [1.82, 2.24) is 4.90 Å². The van der Waals surface area contributed by atoms with Crippen LogP contribution in [0.4, 0.5) is 0 Å². The van der Waals surface area contributed by atoms with Crippen molar-refractivity contribution in [3.8, 4) is 0 Å². The summed E-state index contributed by atoms with van der Waals surface area (Å²) in [6.45, 7) is 6.97. The Balaban J connectivity index is 2.66. The Hall–Kier alpha value is -0.810. The average Bonchev–Trinajstić information content (AvgIpc) is 2.37. The van der Waals surface area contributed by atoms with Crippen molar-refractivity contribution in [2.24, 2.45) is 0 Å². The van der Waals surface area contributed by atoms with Crippen molar-refractivity contribution in [3.05, 3.63) is 28.2 Å². The Morgan fingerprint density at radius 2 is 1.89 bits per heavy atom. The number of rotatable bonds is 6. The maximum Gasteiger partial charge on any atom is 0.232 e. The minimum atomic E-state index is 0.0302. The van der Waals surface area contributed by atoms with Crippen LogP contribution in [-0.4, -0.2) is 35.4 Å². The molecule has 0 heterocycles. The molecule has 0 aliphatic rings. The van der Waals surface area contributed by atoms with Gasteiger partial charge >= 0.3 is 0 Å². The van der Waals surface area contributed by atoms with Crippen LogP contribution in [-0.2, 0) is 4.79 Å². The molecular formula is C14H18BrNO2S. The molecule has 3 nitrogen and oxygen atoms in total. The molecule has 1 aromatic carbocycles. The van der Waals surface area contributed by atoms with Gasteiger partial charge in [-0.05, 0) is 39.0 Å². The van der Waals surface area contributed by atoms with Gasteiger partial charge in [0.15, 0.2) is 5.78 Å². The lowest BCUT2D eigenvalue weighted by atomic mass is 10.2. The minimum absolute atomic E-state index is 0.0302. The van der Waals surface area contributed by atoms with Crippen LogP contribution in [0.15, 0.2) is 27.6 Å². The van der Waals surface area contributed by atoms with E-state index >= 15 is 0 Å². The number of amides is 1. The summed E-state index contributed by atoms with van der Waals surface area (Å²) in [5.74, 6) is 0.595. The van der Waals surface area contributed by atoms with E-state index in [9.17, 15) is 9.59 Å². The van der Waals surface area contributed by atoms with Gasteiger partial charge in [0.1, 0.15) is 0 Å². The van der Waals surface area contributed by atoms with Gasteiger partial charge in [-0.3, -0.25) is 9.59 Å². The van der Waals surface area contributed by atoms with E-state index in [2.05, 4.69) is 15.9 Å². The summed E-state index contributed by atoms with van der Waals surface area (Å²) >= 11 is 4.87. The third-order valence-electron chi connectivity index (χ3n) is 2.80. The molecule has 1 rings (SSSR count). The number of hydrogen-bond donors (Lipinski definition) is 0. The second-order valence-electron chi connectivity index (χ2n) is 4.05. The first-order valence-electron chi connectivity index (χ1n) is 6.20. The summed E-state index contributed by atoms with van der Waals surface area (Å²) in [5.41, 5.74) is 0.666. The number of halogens is 1. The second-order valence-corrected chi connectivity index (χ2v) is 5.96. The molecule has 0 aromatic heterocycles. The molecule has 0 aliphatic heterocycles. The Kier molecular flexibility index (Phi) is 6.58. The van der Waals surface area contributed by atoms with Crippen molar-refractivity contribution >= 4 is 39.4 Å². The summed E-state index contributed by atoms with van der Waals surface area (Å²) < 4.78 is 0.778. The van der Waals surface area contributed by atoms with E-state index in [1.807, 2.05) is 30.9 Å². The van der Waals surface area contributed by atoms with Crippen molar-refractivity contribution in [3.63, 3.8) is 0 Å². The molecule has 0 saturated carbocycles. The Labute approximate surface area is 126 Å². The van der Waals surface area contributed by atoms with Crippen molar-refractivity contribution in [2.45, 2.75) is 25.7 Å². The fourth-order valence-electron chi connectivity index (χ4n) is 1.68. The van der Waals surface area contributed by atoms with Gasteiger partial charge in [-0.1, -0.05) is 15.9 Å². The van der Waals surface area contributed by atoms with Gasteiger partial charge < -0.3 is 4.90 Å². The zero-order valence-electron chi connectivity index (χ0n) is 11.4. The highest BCUT2D eigenvalue weighted by Gasteiger charge is 2.11. The maximum absolute atomic E-state index is 11.9. The first-order valence-corrected chi connectivity index (χ1v) is 7.98. The van der Waals surface area contributed by atoms with Crippen molar-refractivity contribution in [2.75, 3.05) is 18.8 Å². The molecule has 0 fully saturated rings. The molecule has 0 unspecified atom stereocenters. The predicted molar refractivity (Wildman–Crippen MR) is 82.8 cm³/mol. The molecule has 0 saturated heterocycles. The van der Waals surface area contributed by atoms with Crippen LogP contribution in [0.1, 0.15) is 31.1 Å². The number of benzene rings is 1. The highest BCUT2D eigenvalue weighted by molar-refractivity contribution is 9.10. The van der Waals surface area contributed by atoms with E-state index < -0.39 is 0 Å². The SMILES string of the molecule is CCN(CC)C(=O)CSc1ccc(C(C)=O)c(Br)c1. The van der Waals surface area contributed by atoms with Gasteiger partial charge in [0.05, 0.1) is 5.75 Å². The van der Waals surface area contributed by atoms with Gasteiger partial charge in [0.2, 0.25) is 5.91 Å². The summed E-state index contributed by atoms with van der Waals surface area (Å²) in [4.78, 5) is 26.0. The van der Waals surface area contributed by atoms with E-state index in [0.717, 1.165) is 22.5 Å². The van der Waals surface area contributed by atoms with Crippen LogP contribution in [0, 0.1) is 0 Å². The first-order chi connectivity index (χ1) is 8.99. The van der Waals surface area contributed by atoms with Gasteiger partial charge in [-0.15, -0.1) is 11.8 Å². The Morgan fingerprint density at radius 3 is 2.37 bits per heavy atom. The van der Waals surface area contributed by atoms with Crippen LogP contribution >= 0.6 is 27.7 Å². The summed E-state index contributed by atoms with van der Waals surface area (Å²) in [6, 6.07) is 5.55. The largest absolute Gasteiger partial charge is 0.343 e. The monoisotopic (exact) mass is 343 g/mol. The molecule has 0 radical (unpaired) electrons. The molecular weight excluding hydrogens is 326 g/mol. The molecule has 104 valence electrons.